The first-order valence-electron chi connectivity index (χ1n) is 7.42. The molecule has 0 aromatic heterocycles. The molecule has 0 aliphatic rings. The number of halogens is 4. The van der Waals surface area contributed by atoms with E-state index in [0.29, 0.717) is 15.6 Å². The molecule has 2 N–H and O–H groups in total. The summed E-state index contributed by atoms with van der Waals surface area (Å²) in [5.41, 5.74) is 0.538. The highest BCUT2D eigenvalue weighted by molar-refractivity contribution is 6.37. The first kappa shape index (κ1) is 19.9. The molecule has 0 aliphatic heterocycles. The van der Waals surface area contributed by atoms with Gasteiger partial charge in [-0.3, -0.25) is 9.59 Å². The third kappa shape index (κ3) is 4.80. The van der Waals surface area contributed by atoms with Gasteiger partial charge >= 0.3 is 0 Å². The molecule has 2 aromatic carbocycles. The molecular formula is C18H14Cl2F2N2O2. The van der Waals surface area contributed by atoms with Gasteiger partial charge in [-0.05, 0) is 35.9 Å². The molecule has 0 saturated carbocycles. The minimum absolute atomic E-state index is 0.0979. The van der Waals surface area contributed by atoms with Gasteiger partial charge in [-0.25, -0.2) is 8.78 Å². The number of hydrogen-bond acceptors (Lipinski definition) is 2. The van der Waals surface area contributed by atoms with E-state index >= 15 is 0 Å². The highest BCUT2D eigenvalue weighted by Gasteiger charge is 2.22. The van der Waals surface area contributed by atoms with Crippen LogP contribution < -0.4 is 10.6 Å². The van der Waals surface area contributed by atoms with E-state index in [1.165, 1.54) is 19.2 Å². The van der Waals surface area contributed by atoms with E-state index < -0.39 is 29.5 Å². The van der Waals surface area contributed by atoms with Crippen LogP contribution in [-0.2, 0) is 9.59 Å². The second-order valence-corrected chi connectivity index (χ2v) is 6.01. The molecule has 2 rings (SSSR count). The Morgan fingerprint density at radius 2 is 1.73 bits per heavy atom. The summed E-state index contributed by atoms with van der Waals surface area (Å²) in [6.07, 6.45) is 2.54. The Kier molecular flexibility index (Phi) is 6.71. The van der Waals surface area contributed by atoms with Gasteiger partial charge in [-0.2, -0.15) is 0 Å². The normalized spacial score (nSPS) is 12.0. The molecular weight excluding hydrogens is 385 g/mol. The molecule has 2 aromatic rings. The summed E-state index contributed by atoms with van der Waals surface area (Å²) in [4.78, 5) is 24.2. The van der Waals surface area contributed by atoms with Crippen molar-refractivity contribution in [3.05, 3.63) is 75.3 Å². The number of amides is 2. The van der Waals surface area contributed by atoms with E-state index in [1.54, 1.807) is 18.2 Å². The quantitative estimate of drug-likeness (QED) is 0.750. The van der Waals surface area contributed by atoms with Crippen LogP contribution in [0.1, 0.15) is 17.2 Å². The van der Waals surface area contributed by atoms with Crippen molar-refractivity contribution in [2.45, 2.75) is 6.04 Å². The molecule has 0 fully saturated rings. The van der Waals surface area contributed by atoms with Gasteiger partial charge < -0.3 is 10.6 Å². The third-order valence-corrected chi connectivity index (χ3v) is 4.13. The number of rotatable bonds is 5. The number of benzene rings is 2. The predicted octanol–water partition coefficient (Wildman–Crippen LogP) is 3.89. The molecule has 0 bridgehead atoms. The van der Waals surface area contributed by atoms with Gasteiger partial charge in [0, 0.05) is 28.7 Å². The number of carbonyl (C=O) groups is 2. The molecule has 0 aliphatic carbocycles. The lowest BCUT2D eigenvalue weighted by molar-refractivity contribution is -0.126. The fourth-order valence-corrected chi connectivity index (χ4v) is 2.68. The van der Waals surface area contributed by atoms with Crippen LogP contribution in [0.4, 0.5) is 8.78 Å². The van der Waals surface area contributed by atoms with E-state index in [-0.39, 0.29) is 5.56 Å². The van der Waals surface area contributed by atoms with Gasteiger partial charge in [0.05, 0.1) is 0 Å². The highest BCUT2D eigenvalue weighted by atomic mass is 35.5. The molecule has 0 radical (unpaired) electrons. The first-order valence-corrected chi connectivity index (χ1v) is 8.18. The molecule has 4 nitrogen and oxygen atoms in total. The maximum absolute atomic E-state index is 13.4. The Morgan fingerprint density at radius 1 is 1.08 bits per heavy atom. The van der Waals surface area contributed by atoms with Crippen molar-refractivity contribution in [2.75, 3.05) is 7.05 Å². The van der Waals surface area contributed by atoms with Crippen LogP contribution in [0.25, 0.3) is 6.08 Å². The van der Waals surface area contributed by atoms with Crippen LogP contribution >= 0.6 is 23.2 Å². The van der Waals surface area contributed by atoms with Crippen LogP contribution in [-0.4, -0.2) is 18.9 Å². The fourth-order valence-electron chi connectivity index (χ4n) is 2.16. The maximum Gasteiger partial charge on any atom is 0.246 e. The molecule has 0 saturated heterocycles. The van der Waals surface area contributed by atoms with Crippen molar-refractivity contribution in [1.29, 1.82) is 0 Å². The smallest absolute Gasteiger partial charge is 0.246 e. The molecule has 136 valence electrons. The SMILES string of the molecule is CNC(=O)C(NC(=O)/C=C/c1c(Cl)cccc1Cl)c1ccc(F)c(F)c1. The van der Waals surface area contributed by atoms with Crippen molar-refractivity contribution in [1.82, 2.24) is 10.6 Å². The van der Waals surface area contributed by atoms with E-state index in [9.17, 15) is 18.4 Å². The molecule has 2 amide bonds. The summed E-state index contributed by atoms with van der Waals surface area (Å²) >= 11 is 12.0. The van der Waals surface area contributed by atoms with Crippen LogP contribution in [0.5, 0.6) is 0 Å². The third-order valence-electron chi connectivity index (χ3n) is 3.47. The van der Waals surface area contributed by atoms with Crippen molar-refractivity contribution >= 4 is 41.1 Å². The standard InChI is InChI=1S/C18H14Cl2F2N2O2/c1-23-18(26)17(10-5-7-14(21)15(22)9-10)24-16(25)8-6-11-12(19)3-2-4-13(11)20/h2-9,17H,1H3,(H,23,26)(H,24,25)/b8-6+. The van der Waals surface area contributed by atoms with E-state index in [1.807, 2.05) is 0 Å². The summed E-state index contributed by atoms with van der Waals surface area (Å²) in [7, 11) is 1.36. The monoisotopic (exact) mass is 398 g/mol. The average Bonchev–Trinajstić information content (AvgIpc) is 2.61. The van der Waals surface area contributed by atoms with Gasteiger partial charge in [-0.15, -0.1) is 0 Å². The molecule has 8 heteroatoms. The lowest BCUT2D eigenvalue weighted by Gasteiger charge is -2.17. The lowest BCUT2D eigenvalue weighted by Crippen LogP contribution is -2.38. The number of carbonyl (C=O) groups excluding carboxylic acids is 2. The predicted molar refractivity (Wildman–Crippen MR) is 96.8 cm³/mol. The topological polar surface area (TPSA) is 58.2 Å². The van der Waals surface area contributed by atoms with Crippen molar-refractivity contribution in [3.8, 4) is 0 Å². The summed E-state index contributed by atoms with van der Waals surface area (Å²) in [5, 5.41) is 5.49. The summed E-state index contributed by atoms with van der Waals surface area (Å²) in [6.45, 7) is 0. The van der Waals surface area contributed by atoms with Crippen LogP contribution in [0.2, 0.25) is 10.0 Å². The van der Waals surface area contributed by atoms with Crippen LogP contribution in [0, 0.1) is 11.6 Å². The van der Waals surface area contributed by atoms with Gasteiger partial charge in [0.25, 0.3) is 0 Å². The zero-order valence-electron chi connectivity index (χ0n) is 13.5. The summed E-state index contributed by atoms with van der Waals surface area (Å²) in [5.74, 6) is -3.40. The van der Waals surface area contributed by atoms with Crippen molar-refractivity contribution in [3.63, 3.8) is 0 Å². The van der Waals surface area contributed by atoms with E-state index in [2.05, 4.69) is 10.6 Å². The van der Waals surface area contributed by atoms with Gasteiger partial charge in [0.15, 0.2) is 11.6 Å². The minimum atomic E-state index is -1.20. The van der Waals surface area contributed by atoms with Gasteiger partial charge in [0.2, 0.25) is 11.8 Å². The highest BCUT2D eigenvalue weighted by Crippen LogP contribution is 2.25. The Hall–Kier alpha value is -2.44. The molecule has 0 heterocycles. The van der Waals surface area contributed by atoms with E-state index in [0.717, 1.165) is 18.2 Å². The Labute approximate surface area is 158 Å². The Bertz CT molecular complexity index is 852. The lowest BCUT2D eigenvalue weighted by atomic mass is 10.1. The molecule has 0 spiro atoms. The zero-order chi connectivity index (χ0) is 19.3. The summed E-state index contributed by atoms with van der Waals surface area (Å²) in [6, 6.07) is 6.63. The van der Waals surface area contributed by atoms with Crippen molar-refractivity contribution < 1.29 is 18.4 Å². The largest absolute Gasteiger partial charge is 0.357 e. The van der Waals surface area contributed by atoms with Crippen molar-refractivity contribution in [2.24, 2.45) is 0 Å². The van der Waals surface area contributed by atoms with Gasteiger partial charge in [0.1, 0.15) is 6.04 Å². The number of likely N-dealkylation sites (N-methyl/N-ethyl adjacent to an activating group) is 1. The number of hydrogen-bond donors (Lipinski definition) is 2. The van der Waals surface area contributed by atoms with Gasteiger partial charge in [-0.1, -0.05) is 35.3 Å². The van der Waals surface area contributed by atoms with E-state index in [4.69, 9.17) is 23.2 Å². The molecule has 1 unspecified atom stereocenters. The molecule has 26 heavy (non-hydrogen) atoms. The second-order valence-electron chi connectivity index (χ2n) is 5.20. The number of nitrogens with one attached hydrogen (secondary N) is 2. The second kappa shape index (κ2) is 8.78. The molecule has 1 atom stereocenters. The summed E-state index contributed by atoms with van der Waals surface area (Å²) < 4.78 is 26.5. The Morgan fingerprint density at radius 3 is 2.31 bits per heavy atom. The first-order chi connectivity index (χ1) is 12.3. The average molecular weight is 399 g/mol. The Balaban J connectivity index is 2.23. The minimum Gasteiger partial charge on any atom is -0.357 e. The maximum atomic E-state index is 13.4. The van der Waals surface area contributed by atoms with Crippen LogP contribution in [0.15, 0.2) is 42.5 Å². The fraction of sp³-hybridized carbons (Fsp3) is 0.111. The zero-order valence-corrected chi connectivity index (χ0v) is 15.0. The van der Waals surface area contributed by atoms with Crippen LogP contribution in [0.3, 0.4) is 0 Å².